The number of benzene rings is 2. The van der Waals surface area contributed by atoms with Gasteiger partial charge in [-0.15, -0.1) is 11.3 Å². The summed E-state index contributed by atoms with van der Waals surface area (Å²) in [6.45, 7) is 0. The van der Waals surface area contributed by atoms with E-state index in [9.17, 15) is 4.79 Å². The van der Waals surface area contributed by atoms with E-state index in [4.69, 9.17) is 21.6 Å². The standard InChI is InChI=1S/C23H14ClN3OS/c24-16-10-8-14(9-11-16)17-13-18(19-7-4-12-29-19)25-22-20(17)23(28)27-21(26-22)15-5-2-1-3-6-15/h1-13H,(H,25,26,27,28). The van der Waals surface area contributed by atoms with Gasteiger partial charge in [-0.05, 0) is 35.2 Å². The molecule has 0 saturated carbocycles. The molecule has 0 bridgehead atoms. The van der Waals surface area contributed by atoms with Crippen molar-refractivity contribution in [2.75, 3.05) is 0 Å². The molecule has 0 aliphatic carbocycles. The van der Waals surface area contributed by atoms with Gasteiger partial charge in [-0.1, -0.05) is 60.1 Å². The molecule has 0 atom stereocenters. The minimum atomic E-state index is -0.218. The molecule has 29 heavy (non-hydrogen) atoms. The zero-order valence-electron chi connectivity index (χ0n) is 15.1. The predicted molar refractivity (Wildman–Crippen MR) is 119 cm³/mol. The van der Waals surface area contributed by atoms with Crippen LogP contribution in [0.2, 0.25) is 5.02 Å². The highest BCUT2D eigenvalue weighted by Gasteiger charge is 2.16. The molecule has 1 N–H and O–H groups in total. The maximum absolute atomic E-state index is 13.1. The van der Waals surface area contributed by atoms with Crippen LogP contribution < -0.4 is 5.56 Å². The number of fused-ring (bicyclic) bond motifs is 1. The first-order valence-electron chi connectivity index (χ1n) is 8.99. The molecular weight excluding hydrogens is 402 g/mol. The molecule has 0 aliphatic heterocycles. The Balaban J connectivity index is 1.83. The second kappa shape index (κ2) is 7.28. The first-order valence-corrected chi connectivity index (χ1v) is 10.2. The predicted octanol–water partition coefficient (Wildman–Crippen LogP) is 6.03. The number of halogens is 1. The van der Waals surface area contributed by atoms with Crippen molar-refractivity contribution < 1.29 is 0 Å². The molecule has 4 nitrogen and oxygen atoms in total. The molecule has 0 amide bonds. The lowest BCUT2D eigenvalue weighted by molar-refractivity contribution is 1.15. The fourth-order valence-electron chi connectivity index (χ4n) is 3.28. The highest BCUT2D eigenvalue weighted by molar-refractivity contribution is 7.13. The summed E-state index contributed by atoms with van der Waals surface area (Å²) in [6.07, 6.45) is 0. The van der Waals surface area contributed by atoms with Gasteiger partial charge < -0.3 is 4.98 Å². The summed E-state index contributed by atoms with van der Waals surface area (Å²) in [4.78, 5) is 26.4. The van der Waals surface area contributed by atoms with Gasteiger partial charge in [-0.25, -0.2) is 9.97 Å². The number of pyridine rings is 1. The number of aromatic amines is 1. The number of hydrogen-bond acceptors (Lipinski definition) is 4. The van der Waals surface area contributed by atoms with E-state index in [0.29, 0.717) is 21.9 Å². The molecule has 5 aromatic rings. The van der Waals surface area contributed by atoms with Crippen LogP contribution in [0.4, 0.5) is 0 Å². The van der Waals surface area contributed by atoms with Crippen molar-refractivity contribution in [3.05, 3.63) is 93.6 Å². The van der Waals surface area contributed by atoms with Crippen LogP contribution in [0.5, 0.6) is 0 Å². The topological polar surface area (TPSA) is 58.6 Å². The fourth-order valence-corrected chi connectivity index (χ4v) is 4.09. The van der Waals surface area contributed by atoms with E-state index in [2.05, 4.69) is 4.98 Å². The van der Waals surface area contributed by atoms with Crippen molar-refractivity contribution in [2.24, 2.45) is 0 Å². The number of aromatic nitrogens is 3. The minimum Gasteiger partial charge on any atom is -0.306 e. The Morgan fingerprint density at radius 1 is 0.862 bits per heavy atom. The molecule has 0 radical (unpaired) electrons. The van der Waals surface area contributed by atoms with Crippen LogP contribution in [0.25, 0.3) is 44.1 Å². The lowest BCUT2D eigenvalue weighted by Crippen LogP contribution is -2.12. The second-order valence-corrected chi connectivity index (χ2v) is 7.90. The molecule has 0 fully saturated rings. The Bertz CT molecular complexity index is 1360. The highest BCUT2D eigenvalue weighted by atomic mass is 35.5. The highest BCUT2D eigenvalue weighted by Crippen LogP contribution is 2.32. The molecule has 140 valence electrons. The third-order valence-electron chi connectivity index (χ3n) is 4.65. The Kier molecular flexibility index (Phi) is 4.46. The summed E-state index contributed by atoms with van der Waals surface area (Å²) >= 11 is 7.66. The quantitative estimate of drug-likeness (QED) is 0.391. The van der Waals surface area contributed by atoms with Crippen molar-refractivity contribution in [3.8, 4) is 33.1 Å². The van der Waals surface area contributed by atoms with Gasteiger partial charge in [-0.2, -0.15) is 0 Å². The Morgan fingerprint density at radius 2 is 1.66 bits per heavy atom. The molecule has 3 aromatic heterocycles. The lowest BCUT2D eigenvalue weighted by atomic mass is 10.0. The number of hydrogen-bond donors (Lipinski definition) is 1. The van der Waals surface area contributed by atoms with Crippen molar-refractivity contribution >= 4 is 34.0 Å². The van der Waals surface area contributed by atoms with E-state index in [1.807, 2.05) is 78.2 Å². The Labute approximate surface area is 175 Å². The first kappa shape index (κ1) is 17.8. The molecule has 3 heterocycles. The molecular formula is C23H14ClN3OS. The van der Waals surface area contributed by atoms with Crippen LogP contribution in [-0.2, 0) is 0 Å². The van der Waals surface area contributed by atoms with Crippen LogP contribution in [0, 0.1) is 0 Å². The van der Waals surface area contributed by atoms with Gasteiger partial charge in [0.05, 0.1) is 16.0 Å². The van der Waals surface area contributed by atoms with Gasteiger partial charge in [0.25, 0.3) is 5.56 Å². The van der Waals surface area contributed by atoms with E-state index in [-0.39, 0.29) is 5.56 Å². The van der Waals surface area contributed by atoms with Gasteiger partial charge >= 0.3 is 0 Å². The molecule has 6 heteroatoms. The maximum atomic E-state index is 13.1. The van der Waals surface area contributed by atoms with Crippen molar-refractivity contribution in [1.82, 2.24) is 15.0 Å². The van der Waals surface area contributed by atoms with E-state index in [1.54, 1.807) is 11.3 Å². The summed E-state index contributed by atoms with van der Waals surface area (Å²) in [7, 11) is 0. The number of rotatable bonds is 3. The summed E-state index contributed by atoms with van der Waals surface area (Å²) in [5.41, 5.74) is 3.49. The van der Waals surface area contributed by atoms with Gasteiger partial charge in [-0.3, -0.25) is 4.79 Å². The van der Waals surface area contributed by atoms with Crippen LogP contribution in [0.15, 0.2) is 83.0 Å². The van der Waals surface area contributed by atoms with E-state index < -0.39 is 0 Å². The van der Waals surface area contributed by atoms with Gasteiger partial charge in [0, 0.05) is 16.1 Å². The summed E-state index contributed by atoms with van der Waals surface area (Å²) in [5, 5.41) is 3.11. The monoisotopic (exact) mass is 415 g/mol. The van der Waals surface area contributed by atoms with Crippen molar-refractivity contribution in [2.45, 2.75) is 0 Å². The molecule has 0 aliphatic rings. The van der Waals surface area contributed by atoms with Crippen LogP contribution in [0.1, 0.15) is 0 Å². The van der Waals surface area contributed by atoms with Crippen LogP contribution in [0.3, 0.4) is 0 Å². The summed E-state index contributed by atoms with van der Waals surface area (Å²) < 4.78 is 0. The van der Waals surface area contributed by atoms with Crippen molar-refractivity contribution in [1.29, 1.82) is 0 Å². The Morgan fingerprint density at radius 3 is 2.38 bits per heavy atom. The average Bonchev–Trinajstić information content (AvgIpc) is 3.29. The third-order valence-corrected chi connectivity index (χ3v) is 5.80. The zero-order valence-corrected chi connectivity index (χ0v) is 16.7. The van der Waals surface area contributed by atoms with Gasteiger partial charge in [0.1, 0.15) is 5.82 Å². The van der Waals surface area contributed by atoms with Crippen LogP contribution >= 0.6 is 22.9 Å². The SMILES string of the molecule is O=c1[nH]c(-c2ccccc2)nc2nc(-c3cccs3)cc(-c3ccc(Cl)cc3)c12. The number of H-pyrrole nitrogens is 1. The zero-order chi connectivity index (χ0) is 19.8. The normalized spacial score (nSPS) is 11.1. The number of nitrogens with one attached hydrogen (secondary N) is 1. The fraction of sp³-hybridized carbons (Fsp3) is 0. The summed E-state index contributed by atoms with van der Waals surface area (Å²) in [6, 6.07) is 22.9. The third kappa shape index (κ3) is 3.35. The first-order chi connectivity index (χ1) is 14.2. The van der Waals surface area contributed by atoms with Crippen molar-refractivity contribution in [3.63, 3.8) is 0 Å². The number of nitrogens with zero attached hydrogens (tertiary/aromatic N) is 2. The number of thiophene rings is 1. The van der Waals surface area contributed by atoms with Gasteiger partial charge in [0.2, 0.25) is 0 Å². The molecule has 5 rings (SSSR count). The smallest absolute Gasteiger partial charge is 0.261 e. The average molecular weight is 416 g/mol. The summed E-state index contributed by atoms with van der Waals surface area (Å²) in [5.74, 6) is 0.501. The second-order valence-electron chi connectivity index (χ2n) is 6.52. The molecule has 0 spiro atoms. The molecule has 2 aromatic carbocycles. The lowest BCUT2D eigenvalue weighted by Gasteiger charge is -2.10. The molecule has 0 saturated heterocycles. The van der Waals surface area contributed by atoms with E-state index in [1.165, 1.54) is 0 Å². The van der Waals surface area contributed by atoms with E-state index >= 15 is 0 Å². The maximum Gasteiger partial charge on any atom is 0.261 e. The van der Waals surface area contributed by atoms with E-state index in [0.717, 1.165) is 27.3 Å². The Hall–Kier alpha value is -3.28. The van der Waals surface area contributed by atoms with Crippen LogP contribution in [-0.4, -0.2) is 15.0 Å². The molecule has 0 unspecified atom stereocenters. The minimum absolute atomic E-state index is 0.218. The largest absolute Gasteiger partial charge is 0.306 e. The van der Waals surface area contributed by atoms with Gasteiger partial charge in [0.15, 0.2) is 5.65 Å².